The maximum atomic E-state index is 12.4. The Bertz CT molecular complexity index is 712. The smallest absolute Gasteiger partial charge is 0.269 e. The highest BCUT2D eigenvalue weighted by molar-refractivity contribution is 5.96. The second-order valence-electron chi connectivity index (χ2n) is 5.02. The number of benzene rings is 2. The molecule has 1 heterocycles. The van der Waals surface area contributed by atoms with Crippen molar-refractivity contribution in [2.75, 3.05) is 11.9 Å². The summed E-state index contributed by atoms with van der Waals surface area (Å²) in [4.78, 5) is 22.6. The fraction of sp³-hybridized carbons (Fsp3) is 0.188. The van der Waals surface area contributed by atoms with Gasteiger partial charge in [0.05, 0.1) is 17.4 Å². The number of para-hydroxylation sites is 1. The summed E-state index contributed by atoms with van der Waals surface area (Å²) in [5.74, 6) is 0.322. The van der Waals surface area contributed by atoms with Crippen molar-refractivity contribution in [1.29, 1.82) is 0 Å². The highest BCUT2D eigenvalue weighted by Gasteiger charge is 2.27. The molecule has 6 nitrogen and oxygen atoms in total. The van der Waals surface area contributed by atoms with Crippen molar-refractivity contribution in [1.82, 2.24) is 0 Å². The lowest BCUT2D eigenvalue weighted by molar-refractivity contribution is -0.384. The maximum absolute atomic E-state index is 12.4. The molecule has 0 saturated heterocycles. The Balaban J connectivity index is 1.76. The summed E-state index contributed by atoms with van der Waals surface area (Å²) in [6, 6.07) is 13.3. The molecule has 0 aromatic heterocycles. The number of nitrogens with zero attached hydrogens (tertiary/aromatic N) is 1. The SMILES string of the molecule is O=C(Nc1ccc([N+](=O)[O-])cc1)C1CCOc2ccccc21. The van der Waals surface area contributed by atoms with Crippen LogP contribution in [0.15, 0.2) is 48.5 Å². The van der Waals surface area contributed by atoms with Gasteiger partial charge in [0.25, 0.3) is 5.69 Å². The van der Waals surface area contributed by atoms with Crippen molar-refractivity contribution in [2.24, 2.45) is 0 Å². The predicted octanol–water partition coefficient (Wildman–Crippen LogP) is 3.10. The number of hydrogen-bond donors (Lipinski definition) is 1. The molecule has 1 aliphatic heterocycles. The second kappa shape index (κ2) is 5.85. The van der Waals surface area contributed by atoms with E-state index < -0.39 is 4.92 Å². The van der Waals surface area contributed by atoms with Gasteiger partial charge >= 0.3 is 0 Å². The van der Waals surface area contributed by atoms with Crippen LogP contribution in [0.4, 0.5) is 11.4 Å². The Morgan fingerprint density at radius 1 is 1.18 bits per heavy atom. The van der Waals surface area contributed by atoms with Crippen molar-refractivity contribution in [2.45, 2.75) is 12.3 Å². The average molecular weight is 298 g/mol. The number of amides is 1. The molecule has 0 radical (unpaired) electrons. The molecule has 0 spiro atoms. The summed E-state index contributed by atoms with van der Waals surface area (Å²) in [6.07, 6.45) is 0.607. The van der Waals surface area contributed by atoms with Gasteiger partial charge < -0.3 is 10.1 Å². The van der Waals surface area contributed by atoms with E-state index in [1.807, 2.05) is 24.3 Å². The lowest BCUT2D eigenvalue weighted by atomic mass is 9.92. The highest BCUT2D eigenvalue weighted by Crippen LogP contribution is 2.34. The van der Waals surface area contributed by atoms with Crippen LogP contribution in [0.2, 0.25) is 0 Å². The fourth-order valence-electron chi connectivity index (χ4n) is 2.51. The van der Waals surface area contributed by atoms with Crippen molar-refractivity contribution >= 4 is 17.3 Å². The maximum Gasteiger partial charge on any atom is 0.269 e. The number of anilines is 1. The van der Waals surface area contributed by atoms with E-state index in [0.717, 1.165) is 11.3 Å². The van der Waals surface area contributed by atoms with Gasteiger partial charge in [-0.1, -0.05) is 18.2 Å². The van der Waals surface area contributed by atoms with Crippen LogP contribution >= 0.6 is 0 Å². The van der Waals surface area contributed by atoms with E-state index in [1.165, 1.54) is 24.3 Å². The third kappa shape index (κ3) is 2.76. The zero-order valence-electron chi connectivity index (χ0n) is 11.7. The molecule has 1 N–H and O–H groups in total. The molecule has 0 saturated carbocycles. The summed E-state index contributed by atoms with van der Waals surface area (Å²) >= 11 is 0. The Morgan fingerprint density at radius 3 is 2.64 bits per heavy atom. The standard InChI is InChI=1S/C16H14N2O4/c19-16(17-11-5-7-12(8-6-11)18(20)21)14-9-10-22-15-4-2-1-3-13(14)15/h1-8,14H,9-10H2,(H,17,19). The van der Waals surface area contributed by atoms with E-state index in [1.54, 1.807) is 0 Å². The number of nitro groups is 1. The van der Waals surface area contributed by atoms with Crippen molar-refractivity contribution in [3.63, 3.8) is 0 Å². The zero-order chi connectivity index (χ0) is 15.5. The number of carbonyl (C=O) groups is 1. The van der Waals surface area contributed by atoms with Gasteiger partial charge in [-0.3, -0.25) is 14.9 Å². The van der Waals surface area contributed by atoms with Crippen molar-refractivity contribution in [3.8, 4) is 5.75 Å². The number of nitrogens with one attached hydrogen (secondary N) is 1. The van der Waals surface area contributed by atoms with Gasteiger partial charge in [-0.15, -0.1) is 0 Å². The molecule has 1 atom stereocenters. The number of carbonyl (C=O) groups excluding carboxylic acids is 1. The van der Waals surface area contributed by atoms with E-state index in [4.69, 9.17) is 4.74 Å². The average Bonchev–Trinajstić information content (AvgIpc) is 2.54. The van der Waals surface area contributed by atoms with Crippen LogP contribution in [-0.4, -0.2) is 17.4 Å². The molecule has 2 aromatic carbocycles. The Labute approximate surface area is 126 Å². The molecule has 1 aliphatic rings. The first kappa shape index (κ1) is 14.1. The Morgan fingerprint density at radius 2 is 1.91 bits per heavy atom. The first-order chi connectivity index (χ1) is 10.6. The molecule has 6 heteroatoms. The van der Waals surface area contributed by atoms with Gasteiger partial charge in [-0.05, 0) is 24.6 Å². The van der Waals surface area contributed by atoms with Crippen LogP contribution in [0.25, 0.3) is 0 Å². The van der Waals surface area contributed by atoms with E-state index in [2.05, 4.69) is 5.32 Å². The summed E-state index contributed by atoms with van der Waals surface area (Å²) in [6.45, 7) is 0.495. The van der Waals surface area contributed by atoms with Crippen LogP contribution in [0.1, 0.15) is 17.9 Å². The lowest BCUT2D eigenvalue weighted by Crippen LogP contribution is -2.26. The van der Waals surface area contributed by atoms with Crippen LogP contribution in [0.3, 0.4) is 0 Å². The largest absolute Gasteiger partial charge is 0.493 e. The molecule has 1 unspecified atom stereocenters. The molecule has 22 heavy (non-hydrogen) atoms. The quantitative estimate of drug-likeness (QED) is 0.697. The van der Waals surface area contributed by atoms with Crippen LogP contribution in [0.5, 0.6) is 5.75 Å². The molecule has 1 amide bonds. The van der Waals surface area contributed by atoms with Gasteiger partial charge in [0.15, 0.2) is 0 Å². The van der Waals surface area contributed by atoms with Gasteiger partial charge in [0.1, 0.15) is 5.75 Å². The van der Waals surface area contributed by atoms with E-state index in [0.29, 0.717) is 18.7 Å². The number of ether oxygens (including phenoxy) is 1. The first-order valence-corrected chi connectivity index (χ1v) is 6.92. The number of rotatable bonds is 3. The number of non-ortho nitro benzene ring substituents is 1. The van der Waals surface area contributed by atoms with Crippen molar-refractivity contribution < 1.29 is 14.5 Å². The molecule has 0 bridgehead atoms. The van der Waals surface area contributed by atoms with Crippen molar-refractivity contribution in [3.05, 3.63) is 64.2 Å². The highest BCUT2D eigenvalue weighted by atomic mass is 16.6. The minimum atomic E-state index is -0.472. The van der Waals surface area contributed by atoms with Gasteiger partial charge in [0.2, 0.25) is 5.91 Å². The number of hydrogen-bond acceptors (Lipinski definition) is 4. The van der Waals surface area contributed by atoms with Crippen LogP contribution in [-0.2, 0) is 4.79 Å². The first-order valence-electron chi connectivity index (χ1n) is 6.92. The summed E-state index contributed by atoms with van der Waals surface area (Å²) in [7, 11) is 0. The fourth-order valence-corrected chi connectivity index (χ4v) is 2.51. The Kier molecular flexibility index (Phi) is 3.74. The minimum Gasteiger partial charge on any atom is -0.493 e. The van der Waals surface area contributed by atoms with Gasteiger partial charge in [-0.2, -0.15) is 0 Å². The lowest BCUT2D eigenvalue weighted by Gasteiger charge is -2.25. The number of fused-ring (bicyclic) bond motifs is 1. The topological polar surface area (TPSA) is 81.5 Å². The Hall–Kier alpha value is -2.89. The monoisotopic (exact) mass is 298 g/mol. The third-order valence-corrected chi connectivity index (χ3v) is 3.62. The van der Waals surface area contributed by atoms with Gasteiger partial charge in [0, 0.05) is 23.4 Å². The zero-order valence-corrected chi connectivity index (χ0v) is 11.7. The number of nitro benzene ring substituents is 1. The normalized spacial score (nSPS) is 16.3. The molecule has 0 aliphatic carbocycles. The molecule has 3 rings (SSSR count). The molecule has 0 fully saturated rings. The summed E-state index contributed by atoms with van der Waals surface area (Å²) in [5, 5.41) is 13.4. The summed E-state index contributed by atoms with van der Waals surface area (Å²) < 4.78 is 5.54. The minimum absolute atomic E-state index is 0.00518. The molecular formula is C16H14N2O4. The molecule has 112 valence electrons. The van der Waals surface area contributed by atoms with E-state index in [9.17, 15) is 14.9 Å². The van der Waals surface area contributed by atoms with Crippen LogP contribution in [0, 0.1) is 10.1 Å². The van der Waals surface area contributed by atoms with E-state index >= 15 is 0 Å². The van der Waals surface area contributed by atoms with Crippen LogP contribution < -0.4 is 10.1 Å². The molecule has 2 aromatic rings. The van der Waals surface area contributed by atoms with E-state index in [-0.39, 0.29) is 17.5 Å². The summed E-state index contributed by atoms with van der Waals surface area (Å²) in [5.41, 5.74) is 1.40. The van der Waals surface area contributed by atoms with Gasteiger partial charge in [-0.25, -0.2) is 0 Å². The molecular weight excluding hydrogens is 284 g/mol. The third-order valence-electron chi connectivity index (χ3n) is 3.62. The predicted molar refractivity (Wildman–Crippen MR) is 81.0 cm³/mol. The second-order valence-corrected chi connectivity index (χ2v) is 5.02.